The summed E-state index contributed by atoms with van der Waals surface area (Å²) in [4.78, 5) is 0.420. The molecule has 7 heteroatoms. The maximum atomic E-state index is 12.8. The topological polar surface area (TPSA) is 54.3 Å². The van der Waals surface area contributed by atoms with Crippen molar-refractivity contribution in [2.75, 3.05) is 25.1 Å². The van der Waals surface area contributed by atoms with E-state index in [0.717, 1.165) is 23.7 Å². The third-order valence-corrected chi connectivity index (χ3v) is 6.74. The molecule has 0 radical (unpaired) electrons. The first-order valence-electron chi connectivity index (χ1n) is 6.94. The third kappa shape index (κ3) is 3.05. The number of rotatable bonds is 5. The standard InChI is InChI=1S/C13H23N3O2S2/c1-4-15-9-13(7-12(15)8-14-3)20(17,18)16-5-6-19-10-11(16)2/h7,9,11,14H,4-6,8,10H2,1-3H3. The average molecular weight is 317 g/mol. The highest BCUT2D eigenvalue weighted by molar-refractivity contribution is 7.99. The number of nitrogens with one attached hydrogen (secondary N) is 1. The Hall–Kier alpha value is -0.500. The van der Waals surface area contributed by atoms with Crippen LogP contribution in [0.2, 0.25) is 0 Å². The zero-order chi connectivity index (χ0) is 14.8. The van der Waals surface area contributed by atoms with E-state index in [1.807, 2.05) is 37.2 Å². The van der Waals surface area contributed by atoms with Crippen molar-refractivity contribution in [1.82, 2.24) is 14.2 Å². The van der Waals surface area contributed by atoms with Gasteiger partial charge in [0.05, 0.1) is 0 Å². The van der Waals surface area contributed by atoms with Crippen LogP contribution in [0.4, 0.5) is 0 Å². The van der Waals surface area contributed by atoms with Crippen molar-refractivity contribution in [3.8, 4) is 0 Å². The Bertz CT molecular complexity index is 554. The largest absolute Gasteiger partial charge is 0.349 e. The molecule has 5 nitrogen and oxygen atoms in total. The lowest BCUT2D eigenvalue weighted by Crippen LogP contribution is -2.44. The molecule has 1 fully saturated rings. The molecule has 2 heterocycles. The fourth-order valence-corrected chi connectivity index (χ4v) is 5.41. The summed E-state index contributed by atoms with van der Waals surface area (Å²) in [6.07, 6.45) is 1.76. The van der Waals surface area contributed by atoms with Crippen molar-refractivity contribution in [2.45, 2.75) is 37.9 Å². The summed E-state index contributed by atoms with van der Waals surface area (Å²) < 4.78 is 29.2. The SMILES string of the molecule is CCn1cc(S(=O)(=O)N2CCSCC2C)cc1CNC. The van der Waals surface area contributed by atoms with Gasteiger partial charge in [0, 0.05) is 49.1 Å². The quantitative estimate of drug-likeness (QED) is 0.891. The van der Waals surface area contributed by atoms with Crippen LogP contribution in [0.3, 0.4) is 0 Å². The number of thioether (sulfide) groups is 1. The van der Waals surface area contributed by atoms with Crippen molar-refractivity contribution in [3.05, 3.63) is 18.0 Å². The zero-order valence-corrected chi connectivity index (χ0v) is 13.9. The van der Waals surface area contributed by atoms with Crippen LogP contribution < -0.4 is 5.32 Å². The lowest BCUT2D eigenvalue weighted by atomic mass is 10.4. The lowest BCUT2D eigenvalue weighted by molar-refractivity contribution is 0.367. The van der Waals surface area contributed by atoms with Crippen molar-refractivity contribution >= 4 is 21.8 Å². The molecule has 0 saturated carbocycles. The van der Waals surface area contributed by atoms with Crippen molar-refractivity contribution in [3.63, 3.8) is 0 Å². The van der Waals surface area contributed by atoms with Crippen LogP contribution in [-0.2, 0) is 23.1 Å². The smallest absolute Gasteiger partial charge is 0.244 e. The minimum atomic E-state index is -3.37. The van der Waals surface area contributed by atoms with Crippen LogP contribution >= 0.6 is 11.8 Å². The van der Waals surface area contributed by atoms with Gasteiger partial charge in [-0.2, -0.15) is 16.1 Å². The highest BCUT2D eigenvalue weighted by Gasteiger charge is 2.32. The van der Waals surface area contributed by atoms with Gasteiger partial charge < -0.3 is 9.88 Å². The predicted molar refractivity (Wildman–Crippen MR) is 83.5 cm³/mol. The fraction of sp³-hybridized carbons (Fsp3) is 0.692. The molecule has 0 aromatic carbocycles. The minimum absolute atomic E-state index is 0.0662. The molecule has 0 spiro atoms. The van der Waals surface area contributed by atoms with Crippen LogP contribution in [0.5, 0.6) is 0 Å². The van der Waals surface area contributed by atoms with E-state index in [1.54, 1.807) is 16.6 Å². The zero-order valence-electron chi connectivity index (χ0n) is 12.3. The minimum Gasteiger partial charge on any atom is -0.349 e. The van der Waals surface area contributed by atoms with Gasteiger partial charge in [-0.05, 0) is 27.0 Å². The Morgan fingerprint density at radius 1 is 1.50 bits per heavy atom. The second kappa shape index (κ2) is 6.51. The maximum absolute atomic E-state index is 12.8. The first-order chi connectivity index (χ1) is 9.50. The number of hydrogen-bond donors (Lipinski definition) is 1. The van der Waals surface area contributed by atoms with Gasteiger partial charge in [-0.1, -0.05) is 0 Å². The van der Waals surface area contributed by atoms with E-state index in [-0.39, 0.29) is 6.04 Å². The van der Waals surface area contributed by atoms with E-state index in [2.05, 4.69) is 5.32 Å². The van der Waals surface area contributed by atoms with Crippen LogP contribution in [0.15, 0.2) is 17.2 Å². The maximum Gasteiger partial charge on any atom is 0.244 e. The van der Waals surface area contributed by atoms with Crippen LogP contribution in [0.25, 0.3) is 0 Å². The van der Waals surface area contributed by atoms with E-state index in [0.29, 0.717) is 18.0 Å². The van der Waals surface area contributed by atoms with Gasteiger partial charge in [0.15, 0.2) is 0 Å². The Labute approximate surface area is 125 Å². The lowest BCUT2D eigenvalue weighted by Gasteiger charge is -2.31. The Balaban J connectivity index is 2.33. The Morgan fingerprint density at radius 2 is 2.25 bits per heavy atom. The number of aryl methyl sites for hydroxylation is 1. The molecule has 2 rings (SSSR count). The normalized spacial score (nSPS) is 21.2. The number of hydrogen-bond acceptors (Lipinski definition) is 4. The van der Waals surface area contributed by atoms with Gasteiger partial charge >= 0.3 is 0 Å². The van der Waals surface area contributed by atoms with Crippen LogP contribution in [-0.4, -0.2) is 48.4 Å². The molecule has 0 amide bonds. The molecule has 1 saturated heterocycles. The first kappa shape index (κ1) is 15.9. The second-order valence-electron chi connectivity index (χ2n) is 5.02. The van der Waals surface area contributed by atoms with Gasteiger partial charge in [0.25, 0.3) is 0 Å². The summed E-state index contributed by atoms with van der Waals surface area (Å²) in [6.45, 7) is 6.06. The Morgan fingerprint density at radius 3 is 2.85 bits per heavy atom. The van der Waals surface area contributed by atoms with E-state index >= 15 is 0 Å². The summed E-state index contributed by atoms with van der Waals surface area (Å²) >= 11 is 1.82. The molecule has 1 aliphatic rings. The Kier molecular flexibility index (Phi) is 5.17. The van der Waals surface area contributed by atoms with Crippen molar-refractivity contribution < 1.29 is 8.42 Å². The van der Waals surface area contributed by atoms with Gasteiger partial charge in [-0.3, -0.25) is 0 Å². The van der Waals surface area contributed by atoms with Crippen molar-refractivity contribution in [2.24, 2.45) is 0 Å². The monoisotopic (exact) mass is 317 g/mol. The summed E-state index contributed by atoms with van der Waals surface area (Å²) in [5.74, 6) is 1.75. The van der Waals surface area contributed by atoms with E-state index in [4.69, 9.17) is 0 Å². The van der Waals surface area contributed by atoms with Crippen molar-refractivity contribution in [1.29, 1.82) is 0 Å². The number of nitrogens with zero attached hydrogens (tertiary/aromatic N) is 2. The molecule has 0 aliphatic carbocycles. The summed E-state index contributed by atoms with van der Waals surface area (Å²) in [5, 5.41) is 3.08. The molecule has 1 atom stereocenters. The van der Waals surface area contributed by atoms with Gasteiger partial charge in [0.1, 0.15) is 4.90 Å². The molecular weight excluding hydrogens is 294 g/mol. The van der Waals surface area contributed by atoms with E-state index < -0.39 is 10.0 Å². The number of sulfonamides is 1. The molecule has 1 N–H and O–H groups in total. The summed E-state index contributed by atoms with van der Waals surface area (Å²) in [7, 11) is -1.50. The molecule has 1 aromatic heterocycles. The second-order valence-corrected chi connectivity index (χ2v) is 8.06. The van der Waals surface area contributed by atoms with E-state index in [9.17, 15) is 8.42 Å². The fourth-order valence-electron chi connectivity index (χ4n) is 2.49. The van der Waals surface area contributed by atoms with Gasteiger partial charge in [-0.15, -0.1) is 0 Å². The van der Waals surface area contributed by atoms with Gasteiger partial charge in [-0.25, -0.2) is 8.42 Å². The summed E-state index contributed by atoms with van der Waals surface area (Å²) in [5.41, 5.74) is 1.01. The van der Waals surface area contributed by atoms with Crippen LogP contribution in [0.1, 0.15) is 19.5 Å². The third-order valence-electron chi connectivity index (χ3n) is 3.57. The highest BCUT2D eigenvalue weighted by atomic mass is 32.2. The summed E-state index contributed by atoms with van der Waals surface area (Å²) in [6, 6.07) is 1.86. The predicted octanol–water partition coefficient (Wildman–Crippen LogP) is 1.35. The molecule has 1 aliphatic heterocycles. The van der Waals surface area contributed by atoms with Gasteiger partial charge in [0.2, 0.25) is 10.0 Å². The average Bonchev–Trinajstić information content (AvgIpc) is 2.83. The molecule has 20 heavy (non-hydrogen) atoms. The molecule has 0 bridgehead atoms. The number of aromatic nitrogens is 1. The first-order valence-corrected chi connectivity index (χ1v) is 9.53. The molecule has 114 valence electrons. The molecular formula is C13H23N3O2S2. The van der Waals surface area contributed by atoms with Crippen LogP contribution in [0, 0.1) is 0 Å². The van der Waals surface area contributed by atoms with E-state index in [1.165, 1.54) is 0 Å². The highest BCUT2D eigenvalue weighted by Crippen LogP contribution is 2.25. The molecule has 1 aromatic rings. The molecule has 1 unspecified atom stereocenters.